The standard InChI is InChI=1S/C13H16N2O/c1-10-8-11(9-14)2-3-13(10)15-12-4-6-16-7-5-12/h2-3,8,12,15H,4-7H2,1H3. The molecule has 3 heteroatoms. The van der Waals surface area contributed by atoms with Crippen LogP contribution in [0.1, 0.15) is 24.0 Å². The first-order chi connectivity index (χ1) is 7.79. The van der Waals surface area contributed by atoms with Gasteiger partial charge in [0.1, 0.15) is 0 Å². The summed E-state index contributed by atoms with van der Waals surface area (Å²) in [4.78, 5) is 0. The Labute approximate surface area is 96.0 Å². The minimum Gasteiger partial charge on any atom is -0.382 e. The SMILES string of the molecule is Cc1cc(C#N)ccc1NC1CCOCC1. The molecule has 1 saturated heterocycles. The van der Waals surface area contributed by atoms with Crippen LogP contribution in [-0.2, 0) is 4.74 Å². The van der Waals surface area contributed by atoms with Crippen LogP contribution in [0, 0.1) is 18.3 Å². The van der Waals surface area contributed by atoms with Crippen LogP contribution >= 0.6 is 0 Å². The number of rotatable bonds is 2. The number of hydrogen-bond acceptors (Lipinski definition) is 3. The molecule has 0 radical (unpaired) electrons. The Balaban J connectivity index is 2.06. The van der Waals surface area contributed by atoms with Crippen LogP contribution in [0.3, 0.4) is 0 Å². The lowest BCUT2D eigenvalue weighted by Gasteiger charge is -2.25. The summed E-state index contributed by atoms with van der Waals surface area (Å²) < 4.78 is 5.32. The summed E-state index contributed by atoms with van der Waals surface area (Å²) in [7, 11) is 0. The van der Waals surface area contributed by atoms with Crippen molar-refractivity contribution in [1.82, 2.24) is 0 Å². The topological polar surface area (TPSA) is 45.0 Å². The van der Waals surface area contributed by atoms with E-state index in [2.05, 4.69) is 11.4 Å². The van der Waals surface area contributed by atoms with Gasteiger partial charge in [0.05, 0.1) is 11.6 Å². The highest BCUT2D eigenvalue weighted by molar-refractivity contribution is 5.54. The Hall–Kier alpha value is -1.53. The van der Waals surface area contributed by atoms with Gasteiger partial charge in [-0.3, -0.25) is 0 Å². The summed E-state index contributed by atoms with van der Waals surface area (Å²) in [6, 6.07) is 8.41. The molecule has 1 N–H and O–H groups in total. The van der Waals surface area contributed by atoms with Crippen LogP contribution in [-0.4, -0.2) is 19.3 Å². The summed E-state index contributed by atoms with van der Waals surface area (Å²) in [6.07, 6.45) is 2.11. The summed E-state index contributed by atoms with van der Waals surface area (Å²) in [5, 5.41) is 12.3. The van der Waals surface area contributed by atoms with Crippen LogP contribution < -0.4 is 5.32 Å². The molecule has 1 fully saturated rings. The first kappa shape index (κ1) is 11.0. The second-order valence-corrected chi connectivity index (χ2v) is 4.17. The van der Waals surface area contributed by atoms with E-state index in [1.165, 1.54) is 0 Å². The Morgan fingerprint density at radius 1 is 1.38 bits per heavy atom. The first-order valence-electron chi connectivity index (χ1n) is 5.64. The number of nitrogens with zero attached hydrogens (tertiary/aromatic N) is 1. The van der Waals surface area contributed by atoms with Gasteiger partial charge in [0.2, 0.25) is 0 Å². The lowest BCUT2D eigenvalue weighted by Crippen LogP contribution is -2.28. The van der Waals surface area contributed by atoms with Crippen molar-refractivity contribution in [2.75, 3.05) is 18.5 Å². The Kier molecular flexibility index (Phi) is 3.43. The van der Waals surface area contributed by atoms with Crippen LogP contribution in [0.25, 0.3) is 0 Å². The number of nitriles is 1. The van der Waals surface area contributed by atoms with E-state index in [0.29, 0.717) is 6.04 Å². The smallest absolute Gasteiger partial charge is 0.0991 e. The molecule has 0 atom stereocenters. The molecule has 3 nitrogen and oxygen atoms in total. The van der Waals surface area contributed by atoms with E-state index in [4.69, 9.17) is 10.00 Å². The van der Waals surface area contributed by atoms with Gasteiger partial charge in [-0.05, 0) is 43.5 Å². The molecule has 0 aromatic heterocycles. The van der Waals surface area contributed by atoms with Gasteiger partial charge >= 0.3 is 0 Å². The van der Waals surface area contributed by atoms with Crippen LogP contribution in [0.2, 0.25) is 0 Å². The normalized spacial score (nSPS) is 16.8. The van der Waals surface area contributed by atoms with Crippen molar-refractivity contribution in [2.24, 2.45) is 0 Å². The Morgan fingerprint density at radius 2 is 2.12 bits per heavy atom. The van der Waals surface area contributed by atoms with Gasteiger partial charge < -0.3 is 10.1 Å². The lowest BCUT2D eigenvalue weighted by atomic mass is 10.1. The van der Waals surface area contributed by atoms with E-state index in [-0.39, 0.29) is 0 Å². The number of aryl methyl sites for hydroxylation is 1. The molecule has 1 aliphatic rings. The van der Waals surface area contributed by atoms with Crippen molar-refractivity contribution in [3.63, 3.8) is 0 Å². The van der Waals surface area contributed by atoms with Gasteiger partial charge in [0, 0.05) is 24.9 Å². The van der Waals surface area contributed by atoms with E-state index >= 15 is 0 Å². The largest absolute Gasteiger partial charge is 0.382 e. The second-order valence-electron chi connectivity index (χ2n) is 4.17. The number of hydrogen-bond donors (Lipinski definition) is 1. The molecule has 0 amide bonds. The third-order valence-corrected chi connectivity index (χ3v) is 2.94. The van der Waals surface area contributed by atoms with Crippen molar-refractivity contribution in [3.8, 4) is 6.07 Å². The van der Waals surface area contributed by atoms with Crippen molar-refractivity contribution >= 4 is 5.69 Å². The average Bonchev–Trinajstić information content (AvgIpc) is 2.33. The van der Waals surface area contributed by atoms with E-state index in [1.54, 1.807) is 0 Å². The molecule has 1 aliphatic heterocycles. The van der Waals surface area contributed by atoms with E-state index in [9.17, 15) is 0 Å². The van der Waals surface area contributed by atoms with Crippen LogP contribution in [0.15, 0.2) is 18.2 Å². The molecule has 1 aromatic rings. The van der Waals surface area contributed by atoms with Gasteiger partial charge in [-0.1, -0.05) is 0 Å². The maximum atomic E-state index is 8.79. The minimum absolute atomic E-state index is 0.500. The van der Waals surface area contributed by atoms with Crippen LogP contribution in [0.5, 0.6) is 0 Å². The third kappa shape index (κ3) is 2.53. The highest BCUT2D eigenvalue weighted by Crippen LogP contribution is 2.20. The highest BCUT2D eigenvalue weighted by Gasteiger charge is 2.13. The second kappa shape index (κ2) is 5.00. The molecule has 0 saturated carbocycles. The van der Waals surface area contributed by atoms with Crippen molar-refractivity contribution in [2.45, 2.75) is 25.8 Å². The third-order valence-electron chi connectivity index (χ3n) is 2.94. The van der Waals surface area contributed by atoms with E-state index < -0.39 is 0 Å². The first-order valence-corrected chi connectivity index (χ1v) is 5.64. The van der Waals surface area contributed by atoms with Gasteiger partial charge in [-0.2, -0.15) is 5.26 Å². The summed E-state index contributed by atoms with van der Waals surface area (Å²) in [5.74, 6) is 0. The zero-order valence-electron chi connectivity index (χ0n) is 9.49. The molecule has 1 heterocycles. The molecular weight excluding hydrogens is 200 g/mol. The maximum absolute atomic E-state index is 8.79. The molecule has 0 spiro atoms. The lowest BCUT2D eigenvalue weighted by molar-refractivity contribution is 0.0904. The predicted octanol–water partition coefficient (Wildman–Crippen LogP) is 2.46. The van der Waals surface area contributed by atoms with E-state index in [1.807, 2.05) is 25.1 Å². The van der Waals surface area contributed by atoms with Gasteiger partial charge in [-0.25, -0.2) is 0 Å². The molecule has 0 bridgehead atoms. The molecule has 0 aliphatic carbocycles. The Bertz CT molecular complexity index is 403. The van der Waals surface area contributed by atoms with Gasteiger partial charge in [0.15, 0.2) is 0 Å². The van der Waals surface area contributed by atoms with Crippen molar-refractivity contribution < 1.29 is 4.74 Å². The summed E-state index contributed by atoms with van der Waals surface area (Å²) in [5.41, 5.74) is 2.98. The quantitative estimate of drug-likeness (QED) is 0.826. The van der Waals surface area contributed by atoms with Gasteiger partial charge in [-0.15, -0.1) is 0 Å². The number of benzene rings is 1. The predicted molar refractivity (Wildman–Crippen MR) is 63.4 cm³/mol. The molecule has 16 heavy (non-hydrogen) atoms. The average molecular weight is 216 g/mol. The van der Waals surface area contributed by atoms with Crippen molar-refractivity contribution in [1.29, 1.82) is 5.26 Å². The fourth-order valence-corrected chi connectivity index (χ4v) is 1.96. The number of anilines is 1. The van der Waals surface area contributed by atoms with Gasteiger partial charge in [0.25, 0.3) is 0 Å². The van der Waals surface area contributed by atoms with Crippen molar-refractivity contribution in [3.05, 3.63) is 29.3 Å². The molecule has 2 rings (SSSR count). The number of ether oxygens (including phenoxy) is 1. The highest BCUT2D eigenvalue weighted by atomic mass is 16.5. The minimum atomic E-state index is 0.500. The summed E-state index contributed by atoms with van der Waals surface area (Å²) in [6.45, 7) is 3.71. The zero-order valence-corrected chi connectivity index (χ0v) is 9.49. The van der Waals surface area contributed by atoms with Crippen LogP contribution in [0.4, 0.5) is 5.69 Å². The molecular formula is C13H16N2O. The zero-order chi connectivity index (χ0) is 11.4. The maximum Gasteiger partial charge on any atom is 0.0991 e. The summed E-state index contributed by atoms with van der Waals surface area (Å²) >= 11 is 0. The number of nitrogens with one attached hydrogen (secondary N) is 1. The molecule has 0 unspecified atom stereocenters. The fourth-order valence-electron chi connectivity index (χ4n) is 1.96. The monoisotopic (exact) mass is 216 g/mol. The molecule has 84 valence electrons. The Morgan fingerprint density at radius 3 is 2.75 bits per heavy atom. The fraction of sp³-hybridized carbons (Fsp3) is 0.462. The molecule has 1 aromatic carbocycles. The van der Waals surface area contributed by atoms with E-state index in [0.717, 1.165) is 42.9 Å².